The molecule has 7 nitrogen and oxygen atoms in total. The highest BCUT2D eigenvalue weighted by Crippen LogP contribution is 2.24. The molecule has 9 heteroatoms. The molecule has 32 heavy (non-hydrogen) atoms. The van der Waals surface area contributed by atoms with Gasteiger partial charge >= 0.3 is 0 Å². The molecular formula is C23H24F2N6O. The van der Waals surface area contributed by atoms with Crippen LogP contribution >= 0.6 is 0 Å². The van der Waals surface area contributed by atoms with E-state index in [1.165, 1.54) is 18.3 Å². The van der Waals surface area contributed by atoms with Crippen LogP contribution in [0.25, 0.3) is 0 Å². The van der Waals surface area contributed by atoms with Crippen LogP contribution in [-0.2, 0) is 6.54 Å². The molecule has 1 aromatic carbocycles. The molecule has 0 spiro atoms. The van der Waals surface area contributed by atoms with E-state index in [2.05, 4.69) is 25.6 Å². The lowest BCUT2D eigenvalue weighted by atomic mass is 10.2. The van der Waals surface area contributed by atoms with Crippen molar-refractivity contribution in [2.24, 2.45) is 4.99 Å². The SMILES string of the molecule is CN=C(NCc1ccc(Oc2cccnc2)c(F)c1)NC1CCN(c2ncccc2F)C1. The van der Waals surface area contributed by atoms with Crippen molar-refractivity contribution in [1.29, 1.82) is 0 Å². The van der Waals surface area contributed by atoms with E-state index in [0.29, 0.717) is 37.2 Å². The van der Waals surface area contributed by atoms with Gasteiger partial charge in [0.2, 0.25) is 0 Å². The molecule has 0 aliphatic carbocycles. The number of nitrogens with one attached hydrogen (secondary N) is 2. The van der Waals surface area contributed by atoms with Crippen molar-refractivity contribution in [2.75, 3.05) is 25.0 Å². The first-order valence-corrected chi connectivity index (χ1v) is 10.3. The summed E-state index contributed by atoms with van der Waals surface area (Å²) < 4.78 is 34.0. The third-order valence-electron chi connectivity index (χ3n) is 5.11. The molecule has 3 heterocycles. The summed E-state index contributed by atoms with van der Waals surface area (Å²) in [6.45, 7) is 1.70. The topological polar surface area (TPSA) is 74.7 Å². The average molecular weight is 438 g/mol. The Morgan fingerprint density at radius 2 is 2.06 bits per heavy atom. The molecular weight excluding hydrogens is 414 g/mol. The molecule has 1 atom stereocenters. The van der Waals surface area contributed by atoms with Crippen LogP contribution in [0.2, 0.25) is 0 Å². The van der Waals surface area contributed by atoms with Crippen molar-refractivity contribution in [3.8, 4) is 11.5 Å². The molecule has 2 aromatic heterocycles. The Morgan fingerprint density at radius 1 is 1.19 bits per heavy atom. The number of aromatic nitrogens is 2. The molecule has 1 aliphatic rings. The van der Waals surface area contributed by atoms with E-state index in [1.54, 1.807) is 49.8 Å². The number of ether oxygens (including phenoxy) is 1. The van der Waals surface area contributed by atoms with Gasteiger partial charge in [-0.3, -0.25) is 9.98 Å². The maximum Gasteiger partial charge on any atom is 0.191 e. The van der Waals surface area contributed by atoms with Gasteiger partial charge in [-0.1, -0.05) is 6.07 Å². The zero-order chi connectivity index (χ0) is 22.3. The summed E-state index contributed by atoms with van der Waals surface area (Å²) in [7, 11) is 1.67. The van der Waals surface area contributed by atoms with Crippen molar-refractivity contribution in [3.05, 3.63) is 78.3 Å². The fourth-order valence-electron chi connectivity index (χ4n) is 3.53. The number of halogens is 2. The van der Waals surface area contributed by atoms with Crippen molar-refractivity contribution in [3.63, 3.8) is 0 Å². The van der Waals surface area contributed by atoms with E-state index < -0.39 is 5.82 Å². The minimum absolute atomic E-state index is 0.0922. The van der Waals surface area contributed by atoms with Gasteiger partial charge in [-0.2, -0.15) is 0 Å². The van der Waals surface area contributed by atoms with Crippen LogP contribution in [0.1, 0.15) is 12.0 Å². The summed E-state index contributed by atoms with van der Waals surface area (Å²) in [6, 6.07) is 11.3. The van der Waals surface area contributed by atoms with Gasteiger partial charge in [0.15, 0.2) is 29.2 Å². The molecule has 1 saturated heterocycles. The number of hydrogen-bond donors (Lipinski definition) is 2. The highest BCUT2D eigenvalue weighted by atomic mass is 19.1. The van der Waals surface area contributed by atoms with Gasteiger partial charge in [0, 0.05) is 45.1 Å². The number of rotatable bonds is 6. The molecule has 0 saturated carbocycles. The third-order valence-corrected chi connectivity index (χ3v) is 5.11. The second-order valence-corrected chi connectivity index (χ2v) is 7.37. The van der Waals surface area contributed by atoms with E-state index in [9.17, 15) is 8.78 Å². The molecule has 0 amide bonds. The van der Waals surface area contributed by atoms with Gasteiger partial charge in [0.1, 0.15) is 5.75 Å². The lowest BCUT2D eigenvalue weighted by molar-refractivity contribution is 0.440. The predicted molar refractivity (Wildman–Crippen MR) is 119 cm³/mol. The number of aliphatic imine (C=N–C) groups is 1. The van der Waals surface area contributed by atoms with Gasteiger partial charge in [0.05, 0.1) is 6.20 Å². The van der Waals surface area contributed by atoms with E-state index >= 15 is 0 Å². The highest BCUT2D eigenvalue weighted by Gasteiger charge is 2.25. The first kappa shape index (κ1) is 21.5. The van der Waals surface area contributed by atoms with Crippen molar-refractivity contribution >= 4 is 11.8 Å². The third kappa shape index (κ3) is 5.29. The average Bonchev–Trinajstić information content (AvgIpc) is 3.27. The normalized spacial score (nSPS) is 16.2. The van der Waals surface area contributed by atoms with E-state index in [4.69, 9.17) is 4.74 Å². The van der Waals surface area contributed by atoms with E-state index in [-0.39, 0.29) is 17.6 Å². The Balaban J connectivity index is 1.30. The summed E-state index contributed by atoms with van der Waals surface area (Å²) in [5, 5.41) is 6.52. The number of nitrogens with zero attached hydrogens (tertiary/aromatic N) is 4. The number of hydrogen-bond acceptors (Lipinski definition) is 5. The number of anilines is 1. The summed E-state index contributed by atoms with van der Waals surface area (Å²) >= 11 is 0. The number of guanidine groups is 1. The Hall–Kier alpha value is -3.75. The zero-order valence-corrected chi connectivity index (χ0v) is 17.6. The Labute approximate surface area is 185 Å². The fraction of sp³-hybridized carbons (Fsp3) is 0.261. The van der Waals surface area contributed by atoms with Crippen molar-refractivity contribution in [2.45, 2.75) is 19.0 Å². The second kappa shape index (κ2) is 10.0. The van der Waals surface area contributed by atoms with Gasteiger partial charge in [0.25, 0.3) is 0 Å². The Bertz CT molecular complexity index is 1080. The fourth-order valence-corrected chi connectivity index (χ4v) is 3.53. The van der Waals surface area contributed by atoms with Crippen LogP contribution in [-0.4, -0.2) is 42.1 Å². The van der Waals surface area contributed by atoms with Gasteiger partial charge in [-0.15, -0.1) is 0 Å². The predicted octanol–water partition coefficient (Wildman–Crippen LogP) is 3.49. The summed E-state index contributed by atoms with van der Waals surface area (Å²) in [5.74, 6) is 0.780. The molecule has 166 valence electrons. The molecule has 1 unspecified atom stereocenters. The van der Waals surface area contributed by atoms with Crippen LogP contribution in [0.3, 0.4) is 0 Å². The van der Waals surface area contributed by atoms with Crippen molar-refractivity contribution < 1.29 is 13.5 Å². The Kier molecular flexibility index (Phi) is 6.74. The van der Waals surface area contributed by atoms with Crippen LogP contribution < -0.4 is 20.3 Å². The molecule has 2 N–H and O–H groups in total. The molecule has 3 aromatic rings. The zero-order valence-electron chi connectivity index (χ0n) is 17.6. The summed E-state index contributed by atoms with van der Waals surface area (Å²) in [5.41, 5.74) is 0.743. The minimum Gasteiger partial charge on any atom is -0.453 e. The maximum atomic E-state index is 14.4. The molecule has 0 bridgehead atoms. The quantitative estimate of drug-likeness (QED) is 0.453. The maximum absolute atomic E-state index is 14.4. The Morgan fingerprint density at radius 3 is 2.81 bits per heavy atom. The molecule has 1 fully saturated rings. The summed E-state index contributed by atoms with van der Waals surface area (Å²) in [6.07, 6.45) is 5.56. The van der Waals surface area contributed by atoms with Crippen LogP contribution in [0, 0.1) is 11.6 Å². The first-order valence-electron chi connectivity index (χ1n) is 10.3. The van der Waals surface area contributed by atoms with Crippen LogP contribution in [0.5, 0.6) is 11.5 Å². The second-order valence-electron chi connectivity index (χ2n) is 7.37. The number of pyridine rings is 2. The summed E-state index contributed by atoms with van der Waals surface area (Å²) in [4.78, 5) is 14.2. The molecule has 4 rings (SSSR count). The smallest absolute Gasteiger partial charge is 0.191 e. The molecule has 1 aliphatic heterocycles. The largest absolute Gasteiger partial charge is 0.453 e. The van der Waals surface area contributed by atoms with Crippen molar-refractivity contribution in [1.82, 2.24) is 20.6 Å². The standard InChI is InChI=1S/C23H24F2N6O/c1-26-23(30-17-8-11-31(15-17)22-19(24)5-3-10-28-22)29-13-16-6-7-21(20(25)12-16)32-18-4-2-9-27-14-18/h2-7,9-10,12,14,17H,8,11,13,15H2,1H3,(H2,26,29,30). The highest BCUT2D eigenvalue weighted by molar-refractivity contribution is 5.80. The van der Waals surface area contributed by atoms with Gasteiger partial charge in [-0.25, -0.2) is 13.8 Å². The lowest BCUT2D eigenvalue weighted by Gasteiger charge is -2.20. The number of benzene rings is 1. The minimum atomic E-state index is -0.458. The first-order chi connectivity index (χ1) is 15.6. The van der Waals surface area contributed by atoms with Crippen LogP contribution in [0.4, 0.5) is 14.6 Å². The van der Waals surface area contributed by atoms with E-state index in [0.717, 1.165) is 12.0 Å². The van der Waals surface area contributed by atoms with E-state index in [1.807, 2.05) is 4.90 Å². The van der Waals surface area contributed by atoms with Gasteiger partial charge < -0.3 is 20.3 Å². The molecule has 0 radical (unpaired) electrons. The lowest BCUT2D eigenvalue weighted by Crippen LogP contribution is -2.44. The van der Waals surface area contributed by atoms with Crippen LogP contribution in [0.15, 0.2) is 66.0 Å². The van der Waals surface area contributed by atoms with Gasteiger partial charge in [-0.05, 0) is 48.4 Å². The monoisotopic (exact) mass is 438 g/mol.